The lowest BCUT2D eigenvalue weighted by molar-refractivity contribution is -0.299. The zero-order chi connectivity index (χ0) is 37.1. The number of rotatable bonds is 9. The molecule has 4 aliphatic rings. The first-order valence-electron chi connectivity index (χ1n) is 18.9. The van der Waals surface area contributed by atoms with Crippen molar-refractivity contribution in [3.8, 4) is 0 Å². The second-order valence-electron chi connectivity index (χ2n) is 16.1. The predicted octanol–water partition coefficient (Wildman–Crippen LogP) is 3.11. The molecule has 5 unspecified atom stereocenters. The van der Waals surface area contributed by atoms with Crippen LogP contribution in [0.15, 0.2) is 0 Å². The SMILES string of the molecule is CC[C@H]1OC(=O)C(C)C(=O)[C@H](C)[C@@H](OC2OC(CN(C)C3CCC3)CC(N(C)C)C2O)[C@](C)(OC)C[C@@H](C)CN[C@H](C)[C@H]2NC(=O)O[C@@]21CC. The molecule has 3 saturated heterocycles. The highest BCUT2D eigenvalue weighted by Gasteiger charge is 2.57. The Balaban J connectivity index is 1.68. The summed E-state index contributed by atoms with van der Waals surface area (Å²) >= 11 is 0. The third-order valence-corrected chi connectivity index (χ3v) is 12.2. The number of methoxy groups -OCH3 is 1. The molecule has 0 aromatic carbocycles. The standard InChI is InChI=1S/C37H66N4O9/c1-12-28-37(13-2)31(39-35(45)50-37)24(6)38-19-21(3)18-36(7,46-11)32(22(4)29(42)23(5)33(44)48-28)49-34-30(43)27(40(8)9)17-26(47-34)20-41(10)25-15-14-16-25/h21-28,30-32,34,38,43H,12-20H2,1-11H3,(H,39,45)/t21-,22+,23?,24-,26?,27?,28-,30?,31-,32-,34?,36-,37-/m1/s1. The zero-order valence-corrected chi connectivity index (χ0v) is 32.4. The molecule has 50 heavy (non-hydrogen) atoms. The first kappa shape index (κ1) is 40.9. The molecule has 0 radical (unpaired) electrons. The van der Waals surface area contributed by atoms with Crippen molar-refractivity contribution in [2.24, 2.45) is 17.8 Å². The van der Waals surface area contributed by atoms with Crippen LogP contribution in [0.1, 0.15) is 93.4 Å². The highest BCUT2D eigenvalue weighted by molar-refractivity contribution is 6.00. The van der Waals surface area contributed by atoms with Crippen molar-refractivity contribution in [1.82, 2.24) is 20.4 Å². The highest BCUT2D eigenvalue weighted by atomic mass is 16.7. The Morgan fingerprint density at radius 3 is 2.30 bits per heavy atom. The lowest BCUT2D eigenvalue weighted by atomic mass is 9.78. The van der Waals surface area contributed by atoms with Crippen molar-refractivity contribution in [1.29, 1.82) is 0 Å². The molecule has 3 aliphatic heterocycles. The predicted molar refractivity (Wildman–Crippen MR) is 188 cm³/mol. The van der Waals surface area contributed by atoms with Crippen molar-refractivity contribution >= 4 is 17.8 Å². The molecular formula is C37H66N4O9. The Hall–Kier alpha value is -1.87. The summed E-state index contributed by atoms with van der Waals surface area (Å²) in [5, 5.41) is 18.2. The van der Waals surface area contributed by atoms with E-state index in [1.165, 1.54) is 19.3 Å². The topological polar surface area (TPSA) is 148 Å². The molecule has 13 heteroatoms. The number of likely N-dealkylation sites (N-methyl/N-ethyl adjacent to an activating group) is 2. The van der Waals surface area contributed by atoms with Crippen molar-refractivity contribution < 1.29 is 43.2 Å². The molecule has 0 aromatic rings. The Morgan fingerprint density at radius 2 is 1.74 bits per heavy atom. The Labute approximate surface area is 299 Å². The largest absolute Gasteiger partial charge is 0.457 e. The third kappa shape index (κ3) is 8.50. The summed E-state index contributed by atoms with van der Waals surface area (Å²) < 4.78 is 31.6. The van der Waals surface area contributed by atoms with E-state index >= 15 is 0 Å². The van der Waals surface area contributed by atoms with Crippen LogP contribution in [0, 0.1) is 17.8 Å². The second-order valence-corrected chi connectivity index (χ2v) is 16.1. The number of aliphatic hydroxyl groups is 1. The first-order chi connectivity index (χ1) is 23.5. The number of nitrogens with one attached hydrogen (secondary N) is 2. The van der Waals surface area contributed by atoms with Crippen molar-refractivity contribution in [2.75, 3.05) is 41.3 Å². The third-order valence-electron chi connectivity index (χ3n) is 12.2. The Kier molecular flexibility index (Phi) is 13.8. The van der Waals surface area contributed by atoms with Gasteiger partial charge in [0.25, 0.3) is 0 Å². The number of cyclic esters (lactones) is 1. The van der Waals surface area contributed by atoms with Crippen LogP contribution in [0.4, 0.5) is 4.79 Å². The maximum Gasteiger partial charge on any atom is 0.408 e. The number of hydrogen-bond acceptors (Lipinski definition) is 12. The monoisotopic (exact) mass is 710 g/mol. The van der Waals surface area contributed by atoms with Crippen molar-refractivity contribution in [3.63, 3.8) is 0 Å². The van der Waals surface area contributed by atoms with E-state index in [1.807, 2.05) is 46.7 Å². The van der Waals surface area contributed by atoms with Crippen LogP contribution in [0.3, 0.4) is 0 Å². The molecule has 4 rings (SSSR count). The Bertz CT molecular complexity index is 1170. The number of esters is 1. The molecule has 0 spiro atoms. The number of carbonyl (C=O) groups is 3. The summed E-state index contributed by atoms with van der Waals surface area (Å²) in [4.78, 5) is 45.1. The van der Waals surface area contributed by atoms with E-state index in [4.69, 9.17) is 23.7 Å². The normalized spacial score (nSPS) is 42.6. The van der Waals surface area contributed by atoms with Gasteiger partial charge >= 0.3 is 12.1 Å². The van der Waals surface area contributed by atoms with Gasteiger partial charge in [-0.2, -0.15) is 0 Å². The number of Topliss-reactive ketones (excluding diaryl/α,β-unsaturated/α-hetero) is 1. The van der Waals surface area contributed by atoms with Gasteiger partial charge in [-0.25, -0.2) is 4.79 Å². The van der Waals surface area contributed by atoms with E-state index in [0.29, 0.717) is 44.8 Å². The van der Waals surface area contributed by atoms with Crippen LogP contribution in [-0.2, 0) is 33.3 Å². The first-order valence-corrected chi connectivity index (χ1v) is 18.9. The Morgan fingerprint density at radius 1 is 1.06 bits per heavy atom. The van der Waals surface area contributed by atoms with E-state index < -0.39 is 65.7 Å². The minimum absolute atomic E-state index is 0.0304. The van der Waals surface area contributed by atoms with E-state index in [9.17, 15) is 19.5 Å². The molecular weight excluding hydrogens is 644 g/mol. The minimum atomic E-state index is -1.14. The fourth-order valence-corrected chi connectivity index (χ4v) is 8.76. The molecule has 4 fully saturated rings. The summed E-state index contributed by atoms with van der Waals surface area (Å²) in [6, 6.07) is -0.407. The van der Waals surface area contributed by atoms with Crippen LogP contribution >= 0.6 is 0 Å². The molecule has 13 nitrogen and oxygen atoms in total. The fourth-order valence-electron chi connectivity index (χ4n) is 8.76. The lowest BCUT2D eigenvalue weighted by Crippen LogP contribution is -2.61. The van der Waals surface area contributed by atoms with Crippen LogP contribution < -0.4 is 10.6 Å². The van der Waals surface area contributed by atoms with Gasteiger partial charge in [0.2, 0.25) is 0 Å². The number of hydrogen-bond donors (Lipinski definition) is 3. The lowest BCUT2D eigenvalue weighted by Gasteiger charge is -2.48. The van der Waals surface area contributed by atoms with Crippen molar-refractivity contribution in [2.45, 2.75) is 159 Å². The van der Waals surface area contributed by atoms with Gasteiger partial charge in [-0.05, 0) is 92.9 Å². The molecule has 3 N–H and O–H groups in total. The summed E-state index contributed by atoms with van der Waals surface area (Å²) in [5.74, 6) is -3.00. The molecule has 1 saturated carbocycles. The summed E-state index contributed by atoms with van der Waals surface area (Å²) in [6.07, 6.45) is 1.08. The maximum absolute atomic E-state index is 14.3. The van der Waals surface area contributed by atoms with E-state index in [-0.39, 0.29) is 29.9 Å². The number of aliphatic hydroxyl groups excluding tert-OH is 1. The van der Waals surface area contributed by atoms with Gasteiger partial charge < -0.3 is 49.2 Å². The molecule has 0 bridgehead atoms. The van der Waals surface area contributed by atoms with Gasteiger partial charge in [-0.3, -0.25) is 9.59 Å². The number of nitrogens with zero attached hydrogens (tertiary/aromatic N) is 2. The van der Waals surface area contributed by atoms with Crippen LogP contribution in [-0.4, -0.2) is 140 Å². The molecule has 0 aromatic heterocycles. The molecule has 13 atom stereocenters. The minimum Gasteiger partial charge on any atom is -0.457 e. The number of fused-ring (bicyclic) bond motifs is 1. The number of alkyl carbamates (subject to hydrolysis) is 1. The molecule has 1 aliphatic carbocycles. The van der Waals surface area contributed by atoms with E-state index in [0.717, 1.165) is 0 Å². The fraction of sp³-hybridized carbons (Fsp3) is 0.919. The molecule has 3 heterocycles. The summed E-state index contributed by atoms with van der Waals surface area (Å²) in [6.45, 7) is 14.4. The molecule has 1 amide bonds. The zero-order valence-electron chi connectivity index (χ0n) is 32.4. The maximum atomic E-state index is 14.3. The van der Waals surface area contributed by atoms with Gasteiger partial charge in [0.1, 0.15) is 18.1 Å². The number of amides is 1. The van der Waals surface area contributed by atoms with Gasteiger partial charge in [0.05, 0.1) is 23.9 Å². The van der Waals surface area contributed by atoms with Crippen LogP contribution in [0.2, 0.25) is 0 Å². The average Bonchev–Trinajstić information content (AvgIpc) is 3.40. The summed E-state index contributed by atoms with van der Waals surface area (Å²) in [7, 11) is 7.61. The van der Waals surface area contributed by atoms with Gasteiger partial charge in [-0.15, -0.1) is 0 Å². The van der Waals surface area contributed by atoms with Crippen LogP contribution in [0.5, 0.6) is 0 Å². The van der Waals surface area contributed by atoms with Crippen molar-refractivity contribution in [3.05, 3.63) is 0 Å². The average molecular weight is 711 g/mol. The van der Waals surface area contributed by atoms with Crippen LogP contribution in [0.25, 0.3) is 0 Å². The van der Waals surface area contributed by atoms with Gasteiger partial charge in [0, 0.05) is 37.7 Å². The second kappa shape index (κ2) is 16.9. The smallest absolute Gasteiger partial charge is 0.408 e. The molecule has 288 valence electrons. The quantitative estimate of drug-likeness (QED) is 0.239. The number of carbonyl (C=O) groups excluding carboxylic acids is 3. The number of ketones is 1. The summed E-state index contributed by atoms with van der Waals surface area (Å²) in [5.41, 5.74) is -2.13. The number of ether oxygens (including phenoxy) is 5. The highest BCUT2D eigenvalue weighted by Crippen LogP contribution is 2.39. The van der Waals surface area contributed by atoms with E-state index in [2.05, 4.69) is 29.5 Å². The van der Waals surface area contributed by atoms with Gasteiger partial charge in [-0.1, -0.05) is 34.1 Å². The van der Waals surface area contributed by atoms with E-state index in [1.54, 1.807) is 21.0 Å². The van der Waals surface area contributed by atoms with Gasteiger partial charge in [0.15, 0.2) is 17.7 Å².